The van der Waals surface area contributed by atoms with E-state index in [-0.39, 0.29) is 17.9 Å². The summed E-state index contributed by atoms with van der Waals surface area (Å²) in [5.74, 6) is -2.25. The van der Waals surface area contributed by atoms with Gasteiger partial charge < -0.3 is 9.47 Å². The quantitative estimate of drug-likeness (QED) is 0.454. The van der Waals surface area contributed by atoms with Crippen molar-refractivity contribution in [2.45, 2.75) is 6.92 Å². The van der Waals surface area contributed by atoms with Gasteiger partial charge in [-0.3, -0.25) is 0 Å². The van der Waals surface area contributed by atoms with E-state index in [9.17, 15) is 13.6 Å². The van der Waals surface area contributed by atoms with Crippen LogP contribution in [0.2, 0.25) is 5.02 Å². The molecule has 2 rings (SSSR count). The van der Waals surface area contributed by atoms with Gasteiger partial charge in [0.1, 0.15) is 29.2 Å². The Morgan fingerprint density at radius 1 is 1.13 bits per heavy atom. The molecule has 0 bridgehead atoms. The molecular formula is C17H13ClF2O3. The summed E-state index contributed by atoms with van der Waals surface area (Å²) in [5, 5.41) is 0.505. The van der Waals surface area contributed by atoms with Crippen LogP contribution in [-0.4, -0.2) is 12.6 Å². The van der Waals surface area contributed by atoms with Crippen LogP contribution in [0.1, 0.15) is 12.5 Å². The summed E-state index contributed by atoms with van der Waals surface area (Å²) in [5.41, 5.74) is 0.609. The van der Waals surface area contributed by atoms with Crippen LogP contribution in [0.4, 0.5) is 8.78 Å². The third kappa shape index (κ3) is 4.79. The SMILES string of the molecule is CCOC(=O)C(=COc1cc(F)cc(F)c1)c1ccc(Cl)cc1. The molecule has 0 N–H and O–H groups in total. The lowest BCUT2D eigenvalue weighted by Gasteiger charge is -2.08. The van der Waals surface area contributed by atoms with E-state index >= 15 is 0 Å². The Kier molecular flexibility index (Phi) is 5.71. The standard InChI is InChI=1S/C17H13ClF2O3/c1-2-22-17(21)16(11-3-5-12(18)6-4-11)10-23-15-8-13(19)7-14(20)9-15/h3-10H,2H2,1H3. The minimum Gasteiger partial charge on any atom is -0.464 e. The average Bonchev–Trinajstić information content (AvgIpc) is 2.48. The summed E-state index contributed by atoms with van der Waals surface area (Å²) in [4.78, 5) is 12.0. The zero-order valence-corrected chi connectivity index (χ0v) is 12.9. The van der Waals surface area contributed by atoms with Crippen LogP contribution in [-0.2, 0) is 9.53 Å². The second kappa shape index (κ2) is 7.74. The van der Waals surface area contributed by atoms with Crippen molar-refractivity contribution in [3.8, 4) is 5.75 Å². The van der Waals surface area contributed by atoms with E-state index in [0.29, 0.717) is 10.6 Å². The minimum absolute atomic E-state index is 0.0711. The first-order valence-electron chi connectivity index (χ1n) is 6.75. The van der Waals surface area contributed by atoms with E-state index < -0.39 is 17.6 Å². The lowest BCUT2D eigenvalue weighted by Crippen LogP contribution is -2.08. The van der Waals surface area contributed by atoms with Crippen LogP contribution < -0.4 is 4.74 Å². The molecule has 23 heavy (non-hydrogen) atoms. The largest absolute Gasteiger partial charge is 0.464 e. The molecule has 0 fully saturated rings. The lowest BCUT2D eigenvalue weighted by molar-refractivity contribution is -0.136. The number of carbonyl (C=O) groups excluding carboxylic acids is 1. The van der Waals surface area contributed by atoms with Crippen molar-refractivity contribution >= 4 is 23.1 Å². The number of carbonyl (C=O) groups is 1. The Bertz CT molecular complexity index is 707. The zero-order chi connectivity index (χ0) is 16.8. The van der Waals surface area contributed by atoms with Crippen LogP contribution in [0.25, 0.3) is 5.57 Å². The molecule has 6 heteroatoms. The van der Waals surface area contributed by atoms with Crippen LogP contribution in [0, 0.1) is 11.6 Å². The zero-order valence-electron chi connectivity index (χ0n) is 12.2. The summed E-state index contributed by atoms with van der Waals surface area (Å²) >= 11 is 5.81. The number of esters is 1. The average molecular weight is 339 g/mol. The first-order valence-corrected chi connectivity index (χ1v) is 7.13. The van der Waals surface area contributed by atoms with E-state index in [4.69, 9.17) is 21.1 Å². The summed E-state index contributed by atoms with van der Waals surface area (Å²) in [6.45, 7) is 1.85. The van der Waals surface area contributed by atoms with Crippen LogP contribution in [0.3, 0.4) is 0 Å². The van der Waals surface area contributed by atoms with Crippen LogP contribution in [0.15, 0.2) is 48.7 Å². The van der Waals surface area contributed by atoms with Crippen molar-refractivity contribution in [2.75, 3.05) is 6.61 Å². The minimum atomic E-state index is -0.780. The van der Waals surface area contributed by atoms with Crippen LogP contribution >= 0.6 is 11.6 Å². The van der Waals surface area contributed by atoms with Gasteiger partial charge in [-0.2, -0.15) is 0 Å². The van der Waals surface area contributed by atoms with Crippen molar-refractivity contribution in [1.29, 1.82) is 0 Å². The van der Waals surface area contributed by atoms with Crippen LogP contribution in [0.5, 0.6) is 5.75 Å². The van der Waals surface area contributed by atoms with Crippen molar-refractivity contribution in [1.82, 2.24) is 0 Å². The third-order valence-corrected chi connectivity index (χ3v) is 3.05. The fraction of sp³-hybridized carbons (Fsp3) is 0.118. The molecule has 0 aliphatic rings. The van der Waals surface area contributed by atoms with Crippen molar-refractivity contribution in [3.63, 3.8) is 0 Å². The molecule has 120 valence electrons. The number of hydrogen-bond donors (Lipinski definition) is 0. The number of halogens is 3. The highest BCUT2D eigenvalue weighted by atomic mass is 35.5. The summed E-state index contributed by atoms with van der Waals surface area (Å²) in [7, 11) is 0. The molecule has 2 aromatic carbocycles. The van der Waals surface area contributed by atoms with Gasteiger partial charge in [0.15, 0.2) is 0 Å². The van der Waals surface area contributed by atoms with E-state index in [1.807, 2.05) is 0 Å². The highest BCUT2D eigenvalue weighted by Gasteiger charge is 2.14. The predicted octanol–water partition coefficient (Wildman–Crippen LogP) is 4.60. The molecule has 0 unspecified atom stereocenters. The van der Waals surface area contributed by atoms with Gasteiger partial charge in [-0.05, 0) is 24.6 Å². The first kappa shape index (κ1) is 17.0. The van der Waals surface area contributed by atoms with Crippen molar-refractivity contribution < 1.29 is 23.0 Å². The summed E-state index contributed by atoms with van der Waals surface area (Å²) in [6.07, 6.45) is 1.09. The molecule has 0 radical (unpaired) electrons. The normalized spacial score (nSPS) is 11.2. The van der Waals surface area contributed by atoms with E-state index in [0.717, 1.165) is 24.5 Å². The fourth-order valence-electron chi connectivity index (χ4n) is 1.80. The number of rotatable bonds is 5. The smallest absolute Gasteiger partial charge is 0.341 e. The molecule has 0 aromatic heterocycles. The van der Waals surface area contributed by atoms with E-state index in [1.54, 1.807) is 31.2 Å². The van der Waals surface area contributed by atoms with Gasteiger partial charge in [0, 0.05) is 23.2 Å². The van der Waals surface area contributed by atoms with Gasteiger partial charge in [0.2, 0.25) is 0 Å². The lowest BCUT2D eigenvalue weighted by atomic mass is 10.1. The fourth-order valence-corrected chi connectivity index (χ4v) is 1.92. The molecule has 0 saturated heterocycles. The molecule has 3 nitrogen and oxygen atoms in total. The number of benzene rings is 2. The second-order valence-electron chi connectivity index (χ2n) is 4.48. The summed E-state index contributed by atoms with van der Waals surface area (Å²) < 4.78 is 36.5. The monoisotopic (exact) mass is 338 g/mol. The van der Waals surface area contributed by atoms with Gasteiger partial charge in [0.25, 0.3) is 0 Å². The second-order valence-corrected chi connectivity index (χ2v) is 4.92. The maximum Gasteiger partial charge on any atom is 0.341 e. The van der Waals surface area contributed by atoms with Gasteiger partial charge in [-0.15, -0.1) is 0 Å². The van der Waals surface area contributed by atoms with Gasteiger partial charge in [-0.1, -0.05) is 23.7 Å². The van der Waals surface area contributed by atoms with Gasteiger partial charge >= 0.3 is 5.97 Å². The Morgan fingerprint density at radius 3 is 2.30 bits per heavy atom. The Balaban J connectivity index is 2.32. The highest BCUT2D eigenvalue weighted by molar-refractivity contribution is 6.30. The summed E-state index contributed by atoms with van der Waals surface area (Å²) in [6, 6.07) is 9.16. The van der Waals surface area contributed by atoms with E-state index in [2.05, 4.69) is 0 Å². The molecule has 2 aromatic rings. The molecule has 0 amide bonds. The Labute approximate surface area is 137 Å². The molecule has 0 atom stereocenters. The molecule has 0 saturated carbocycles. The molecule has 0 aliphatic heterocycles. The van der Waals surface area contributed by atoms with Crippen molar-refractivity contribution in [3.05, 3.63) is 70.9 Å². The molecule has 0 heterocycles. The van der Waals surface area contributed by atoms with Crippen molar-refractivity contribution in [2.24, 2.45) is 0 Å². The molecule has 0 aliphatic carbocycles. The number of hydrogen-bond acceptors (Lipinski definition) is 3. The molecular weight excluding hydrogens is 326 g/mol. The van der Waals surface area contributed by atoms with E-state index in [1.165, 1.54) is 0 Å². The first-order chi connectivity index (χ1) is 11.0. The maximum atomic E-state index is 13.2. The highest BCUT2D eigenvalue weighted by Crippen LogP contribution is 2.21. The Hall–Kier alpha value is -2.40. The predicted molar refractivity (Wildman–Crippen MR) is 83.0 cm³/mol. The van der Waals surface area contributed by atoms with Gasteiger partial charge in [0.05, 0.1) is 6.61 Å². The van der Waals surface area contributed by atoms with Gasteiger partial charge in [-0.25, -0.2) is 13.6 Å². The maximum absolute atomic E-state index is 13.2. The molecule has 0 spiro atoms. The number of ether oxygens (including phenoxy) is 2. The Morgan fingerprint density at radius 2 is 1.74 bits per heavy atom. The third-order valence-electron chi connectivity index (χ3n) is 2.80. The topological polar surface area (TPSA) is 35.5 Å².